The van der Waals surface area contributed by atoms with Crippen LogP contribution in [-0.2, 0) is 9.47 Å². The van der Waals surface area contributed by atoms with Gasteiger partial charge in [0.15, 0.2) is 0 Å². The van der Waals surface area contributed by atoms with Crippen molar-refractivity contribution in [3.63, 3.8) is 0 Å². The Kier molecular flexibility index (Phi) is 5.07. The van der Waals surface area contributed by atoms with E-state index >= 15 is 0 Å². The smallest absolute Gasteiger partial charge is 0.315 e. The summed E-state index contributed by atoms with van der Waals surface area (Å²) in [6.45, 7) is 5.80. The van der Waals surface area contributed by atoms with E-state index in [2.05, 4.69) is 15.5 Å². The van der Waals surface area contributed by atoms with E-state index in [9.17, 15) is 4.79 Å². The molecule has 2 amide bonds. The summed E-state index contributed by atoms with van der Waals surface area (Å²) in [5.41, 5.74) is 0.0323. The van der Waals surface area contributed by atoms with Gasteiger partial charge in [0.25, 0.3) is 0 Å². The first-order valence-electron chi connectivity index (χ1n) is 11.2. The number of amides is 2. The summed E-state index contributed by atoms with van der Waals surface area (Å²) in [6.07, 6.45) is 8.79. The average Bonchev–Trinajstić information content (AvgIpc) is 3.41. The number of hydrogen-bond donors (Lipinski definition) is 2. The number of nitrogens with zero attached hydrogens (tertiary/aromatic N) is 1. The van der Waals surface area contributed by atoms with Gasteiger partial charge in [-0.05, 0) is 62.2 Å². The molecule has 6 nitrogen and oxygen atoms in total. The van der Waals surface area contributed by atoms with Gasteiger partial charge in [-0.3, -0.25) is 4.90 Å². The molecule has 5 rings (SSSR count). The van der Waals surface area contributed by atoms with E-state index < -0.39 is 0 Å². The molecule has 2 heterocycles. The van der Waals surface area contributed by atoms with Gasteiger partial charge < -0.3 is 20.1 Å². The van der Waals surface area contributed by atoms with Crippen molar-refractivity contribution in [2.24, 2.45) is 23.7 Å². The van der Waals surface area contributed by atoms with Crippen LogP contribution in [0.5, 0.6) is 0 Å². The zero-order valence-corrected chi connectivity index (χ0v) is 16.5. The highest BCUT2D eigenvalue weighted by atomic mass is 16.5. The van der Waals surface area contributed by atoms with Crippen molar-refractivity contribution in [3.8, 4) is 0 Å². The zero-order valence-electron chi connectivity index (χ0n) is 16.5. The topological polar surface area (TPSA) is 62.8 Å². The number of hydrogen-bond acceptors (Lipinski definition) is 4. The van der Waals surface area contributed by atoms with Gasteiger partial charge in [-0.2, -0.15) is 0 Å². The molecule has 5 fully saturated rings. The standard InChI is InChI=1S/C21H35N3O3/c25-20(23-19-13-15-12-18(19)17-3-1-2-16(15)17)22-14-21(4-8-26-9-5-21)24-6-10-27-11-7-24/h15-19H,1-14H2,(H2,22,23,25). The molecule has 5 aliphatic rings. The quantitative estimate of drug-likeness (QED) is 0.787. The lowest BCUT2D eigenvalue weighted by molar-refractivity contribution is -0.0691. The van der Waals surface area contributed by atoms with Crippen molar-refractivity contribution in [3.05, 3.63) is 0 Å². The molecule has 3 saturated carbocycles. The molecule has 6 heteroatoms. The molecule has 5 atom stereocenters. The summed E-state index contributed by atoms with van der Waals surface area (Å²) in [5, 5.41) is 6.61. The molecule has 152 valence electrons. The van der Waals surface area contributed by atoms with E-state index in [4.69, 9.17) is 9.47 Å². The zero-order chi connectivity index (χ0) is 18.3. The first-order valence-corrected chi connectivity index (χ1v) is 11.2. The van der Waals surface area contributed by atoms with E-state index in [1.807, 2.05) is 0 Å². The number of morpholine rings is 1. The van der Waals surface area contributed by atoms with Crippen LogP contribution in [-0.4, -0.2) is 68.6 Å². The van der Waals surface area contributed by atoms with E-state index in [0.29, 0.717) is 6.04 Å². The van der Waals surface area contributed by atoms with Crippen molar-refractivity contribution in [2.45, 2.75) is 56.5 Å². The molecule has 0 spiro atoms. The monoisotopic (exact) mass is 377 g/mol. The first-order chi connectivity index (χ1) is 13.3. The van der Waals surface area contributed by atoms with Gasteiger partial charge in [-0.1, -0.05) is 6.42 Å². The molecule has 2 bridgehead atoms. The van der Waals surface area contributed by atoms with Gasteiger partial charge in [-0.25, -0.2) is 4.79 Å². The predicted octanol–water partition coefficient (Wildman–Crippen LogP) is 1.99. The molecule has 0 radical (unpaired) electrons. The number of ether oxygens (including phenoxy) is 2. The van der Waals surface area contributed by atoms with Crippen LogP contribution < -0.4 is 10.6 Å². The lowest BCUT2D eigenvalue weighted by Crippen LogP contribution is -2.62. The maximum Gasteiger partial charge on any atom is 0.315 e. The lowest BCUT2D eigenvalue weighted by atomic mass is 9.79. The second kappa shape index (κ2) is 7.53. The average molecular weight is 378 g/mol. The third kappa shape index (κ3) is 3.38. The summed E-state index contributed by atoms with van der Waals surface area (Å²) in [4.78, 5) is 15.3. The Bertz CT molecular complexity index is 545. The number of carbonyl (C=O) groups is 1. The molecule has 2 aliphatic heterocycles. The van der Waals surface area contributed by atoms with E-state index in [-0.39, 0.29) is 11.6 Å². The van der Waals surface area contributed by atoms with Crippen molar-refractivity contribution >= 4 is 6.03 Å². The maximum atomic E-state index is 12.7. The fraction of sp³-hybridized carbons (Fsp3) is 0.952. The van der Waals surface area contributed by atoms with Crippen LogP contribution in [0.3, 0.4) is 0 Å². The molecule has 5 unspecified atom stereocenters. The van der Waals surface area contributed by atoms with E-state index in [0.717, 1.165) is 82.6 Å². The van der Waals surface area contributed by atoms with Crippen LogP contribution >= 0.6 is 0 Å². The molecule has 0 aromatic rings. The maximum absolute atomic E-state index is 12.7. The molecular formula is C21H35N3O3. The molecule has 0 aromatic carbocycles. The highest BCUT2D eigenvalue weighted by Crippen LogP contribution is 2.58. The largest absolute Gasteiger partial charge is 0.381 e. The van der Waals surface area contributed by atoms with Crippen molar-refractivity contribution < 1.29 is 14.3 Å². The number of carbonyl (C=O) groups excluding carboxylic acids is 1. The summed E-state index contributed by atoms with van der Waals surface area (Å²) < 4.78 is 11.2. The summed E-state index contributed by atoms with van der Waals surface area (Å²) >= 11 is 0. The Balaban J connectivity index is 1.17. The second-order valence-corrected chi connectivity index (χ2v) is 9.52. The minimum atomic E-state index is 0.0323. The minimum Gasteiger partial charge on any atom is -0.381 e. The summed E-state index contributed by atoms with van der Waals surface area (Å²) in [6, 6.07) is 0.449. The number of nitrogens with one attached hydrogen (secondary N) is 2. The Hall–Kier alpha value is -0.850. The van der Waals surface area contributed by atoms with Crippen LogP contribution in [0.15, 0.2) is 0 Å². The van der Waals surface area contributed by atoms with Gasteiger partial charge in [0.2, 0.25) is 0 Å². The molecule has 2 N–H and O–H groups in total. The van der Waals surface area contributed by atoms with Gasteiger partial charge >= 0.3 is 6.03 Å². The van der Waals surface area contributed by atoms with Crippen molar-refractivity contribution in [2.75, 3.05) is 46.1 Å². The Morgan fingerprint density at radius 1 is 0.963 bits per heavy atom. The van der Waals surface area contributed by atoms with Crippen molar-refractivity contribution in [1.82, 2.24) is 15.5 Å². The fourth-order valence-corrected chi connectivity index (χ4v) is 7.09. The van der Waals surface area contributed by atoms with Gasteiger partial charge in [0, 0.05) is 44.4 Å². The Morgan fingerprint density at radius 2 is 1.70 bits per heavy atom. The molecule has 0 aromatic heterocycles. The van der Waals surface area contributed by atoms with Crippen molar-refractivity contribution in [1.29, 1.82) is 0 Å². The van der Waals surface area contributed by atoms with Crippen LogP contribution in [0.4, 0.5) is 4.79 Å². The normalized spacial score (nSPS) is 40.7. The Morgan fingerprint density at radius 3 is 2.52 bits per heavy atom. The summed E-state index contributed by atoms with van der Waals surface area (Å²) in [7, 11) is 0. The lowest BCUT2D eigenvalue weighted by Gasteiger charge is -2.48. The highest BCUT2D eigenvalue weighted by Gasteiger charge is 2.54. The number of urea groups is 1. The van der Waals surface area contributed by atoms with Gasteiger partial charge in [0.05, 0.1) is 13.2 Å². The molecule has 2 saturated heterocycles. The molecule has 27 heavy (non-hydrogen) atoms. The molecular weight excluding hydrogens is 342 g/mol. The van der Waals surface area contributed by atoms with E-state index in [1.165, 1.54) is 32.1 Å². The highest BCUT2D eigenvalue weighted by molar-refractivity contribution is 5.74. The molecule has 3 aliphatic carbocycles. The van der Waals surface area contributed by atoms with Crippen LogP contribution in [0.2, 0.25) is 0 Å². The predicted molar refractivity (Wildman–Crippen MR) is 103 cm³/mol. The number of fused-ring (bicyclic) bond motifs is 5. The van der Waals surface area contributed by atoms with Crippen LogP contribution in [0.25, 0.3) is 0 Å². The number of rotatable bonds is 4. The first kappa shape index (κ1) is 18.2. The minimum absolute atomic E-state index is 0.0323. The van der Waals surface area contributed by atoms with Gasteiger partial charge in [-0.15, -0.1) is 0 Å². The third-order valence-electron chi connectivity index (χ3n) is 8.43. The van der Waals surface area contributed by atoms with Crippen LogP contribution in [0.1, 0.15) is 44.9 Å². The Labute approximate surface area is 162 Å². The third-order valence-corrected chi connectivity index (χ3v) is 8.43. The SMILES string of the molecule is O=C(NCC1(N2CCOCC2)CCOCC1)NC1CC2CC1C1CCCC21. The van der Waals surface area contributed by atoms with Crippen LogP contribution in [0, 0.1) is 23.7 Å². The van der Waals surface area contributed by atoms with E-state index in [1.54, 1.807) is 0 Å². The fourth-order valence-electron chi connectivity index (χ4n) is 7.09. The second-order valence-electron chi connectivity index (χ2n) is 9.52. The summed E-state index contributed by atoms with van der Waals surface area (Å²) in [5.74, 6) is 3.49. The van der Waals surface area contributed by atoms with Gasteiger partial charge in [0.1, 0.15) is 0 Å².